The zero-order chi connectivity index (χ0) is 24.1. The number of benzene rings is 3. The molecule has 0 fully saturated rings. The fourth-order valence-electron chi connectivity index (χ4n) is 3.42. The number of rotatable bonds is 6. The zero-order valence-corrected chi connectivity index (χ0v) is 19.2. The molecule has 0 unspecified atom stereocenters. The highest BCUT2D eigenvalue weighted by Gasteiger charge is 2.13. The Morgan fingerprint density at radius 3 is 2.32 bits per heavy atom. The van der Waals surface area contributed by atoms with Gasteiger partial charge in [-0.05, 0) is 55.0 Å². The first kappa shape index (κ1) is 22.8. The van der Waals surface area contributed by atoms with Gasteiger partial charge in [0, 0.05) is 29.1 Å². The van der Waals surface area contributed by atoms with Crippen molar-refractivity contribution < 1.29 is 4.92 Å². The molecule has 4 rings (SSSR count). The number of nitro groups is 1. The normalized spacial score (nSPS) is 11.1. The molecule has 168 valence electrons. The summed E-state index contributed by atoms with van der Waals surface area (Å²) in [5.41, 5.74) is 6.40. The largest absolute Gasteiger partial charge is 0.332 e. The molecule has 0 aliphatic heterocycles. The van der Waals surface area contributed by atoms with E-state index in [1.807, 2.05) is 61.5 Å². The maximum absolute atomic E-state index is 10.8. The van der Waals surface area contributed by atoms with Crippen LogP contribution in [0.25, 0.3) is 27.9 Å². The summed E-state index contributed by atoms with van der Waals surface area (Å²) in [6.07, 6.45) is 3.66. The Balaban J connectivity index is 1.63. The molecule has 0 amide bonds. The number of aromatic nitrogens is 2. The monoisotopic (exact) mass is 467 g/mol. The van der Waals surface area contributed by atoms with Crippen LogP contribution in [0.3, 0.4) is 0 Å². The molecule has 8 heteroatoms. The van der Waals surface area contributed by atoms with Gasteiger partial charge in [0.05, 0.1) is 27.3 Å². The third-order valence-corrected chi connectivity index (χ3v) is 5.25. The van der Waals surface area contributed by atoms with E-state index >= 15 is 0 Å². The second kappa shape index (κ2) is 10.0. The minimum absolute atomic E-state index is 0.0179. The molecule has 0 saturated heterocycles. The molecule has 7 nitrogen and oxygen atoms in total. The molecule has 3 aromatic carbocycles. The number of hydrogen-bond donors (Lipinski definition) is 2. The van der Waals surface area contributed by atoms with Gasteiger partial charge < -0.3 is 10.6 Å². The number of nitro benzene ring substituents is 1. The van der Waals surface area contributed by atoms with Crippen LogP contribution in [0.4, 0.5) is 17.1 Å². The van der Waals surface area contributed by atoms with Gasteiger partial charge in [-0.2, -0.15) is 0 Å². The van der Waals surface area contributed by atoms with Crippen molar-refractivity contribution in [2.75, 3.05) is 10.6 Å². The van der Waals surface area contributed by atoms with Crippen LogP contribution in [0.2, 0.25) is 0 Å². The molecule has 0 radical (unpaired) electrons. The van der Waals surface area contributed by atoms with E-state index in [-0.39, 0.29) is 5.69 Å². The van der Waals surface area contributed by atoms with E-state index in [1.54, 1.807) is 18.2 Å². The fourth-order valence-corrected chi connectivity index (χ4v) is 3.66. The molecule has 4 aromatic rings. The number of allylic oxidation sites excluding steroid dienone is 3. The van der Waals surface area contributed by atoms with Gasteiger partial charge in [0.2, 0.25) is 0 Å². The van der Waals surface area contributed by atoms with Crippen LogP contribution in [-0.4, -0.2) is 20.0 Å². The van der Waals surface area contributed by atoms with Crippen LogP contribution in [0.15, 0.2) is 91.5 Å². The highest BCUT2D eigenvalue weighted by molar-refractivity contribution is 7.80. The van der Waals surface area contributed by atoms with E-state index in [0.29, 0.717) is 10.8 Å². The van der Waals surface area contributed by atoms with Crippen molar-refractivity contribution in [3.05, 3.63) is 107 Å². The van der Waals surface area contributed by atoms with E-state index in [0.717, 1.165) is 39.2 Å². The van der Waals surface area contributed by atoms with Gasteiger partial charge in [0.25, 0.3) is 5.69 Å². The molecule has 0 aliphatic carbocycles. The van der Waals surface area contributed by atoms with Crippen molar-refractivity contribution >= 4 is 51.0 Å². The van der Waals surface area contributed by atoms with Gasteiger partial charge >= 0.3 is 0 Å². The van der Waals surface area contributed by atoms with Crippen LogP contribution in [0.5, 0.6) is 0 Å². The molecular formula is C26H21N5O2S. The number of thiocarbonyl (C=S) groups is 1. The van der Waals surface area contributed by atoms with Crippen molar-refractivity contribution in [3.8, 4) is 11.3 Å². The van der Waals surface area contributed by atoms with Crippen LogP contribution in [0.1, 0.15) is 12.6 Å². The first-order chi connectivity index (χ1) is 16.4. The van der Waals surface area contributed by atoms with Crippen molar-refractivity contribution in [1.82, 2.24) is 9.97 Å². The molecule has 1 aromatic heterocycles. The lowest BCUT2D eigenvalue weighted by Crippen LogP contribution is -2.19. The standard InChI is InChI=1S/C26H21N5O2S/c1-3-7-17(2)24-25(18-8-5-4-6-9-18)30-23-16-20(12-15-22(23)29-24)28-26(34)27-19-10-13-21(14-11-19)31(32)33/h3-16H,1H2,2H3,(H2,27,28,34)/b17-7+. The Kier molecular flexibility index (Phi) is 6.70. The molecule has 0 spiro atoms. The minimum atomic E-state index is -0.444. The van der Waals surface area contributed by atoms with Crippen molar-refractivity contribution in [1.29, 1.82) is 0 Å². The quantitative estimate of drug-likeness (QED) is 0.143. The Morgan fingerprint density at radius 1 is 0.971 bits per heavy atom. The summed E-state index contributed by atoms with van der Waals surface area (Å²) >= 11 is 5.40. The second-order valence-electron chi connectivity index (χ2n) is 7.46. The van der Waals surface area contributed by atoms with E-state index < -0.39 is 4.92 Å². The number of anilines is 2. The van der Waals surface area contributed by atoms with Crippen LogP contribution < -0.4 is 10.6 Å². The van der Waals surface area contributed by atoms with Gasteiger partial charge in [-0.1, -0.05) is 49.1 Å². The van der Waals surface area contributed by atoms with Gasteiger partial charge in [0.1, 0.15) is 0 Å². The van der Waals surface area contributed by atoms with E-state index in [1.165, 1.54) is 12.1 Å². The topological polar surface area (TPSA) is 93.0 Å². The Bertz CT molecular complexity index is 1420. The lowest BCUT2D eigenvalue weighted by atomic mass is 10.0. The molecule has 0 atom stereocenters. The van der Waals surface area contributed by atoms with E-state index in [2.05, 4.69) is 17.2 Å². The predicted molar refractivity (Wildman–Crippen MR) is 142 cm³/mol. The first-order valence-corrected chi connectivity index (χ1v) is 10.8. The molecule has 0 aliphatic rings. The third kappa shape index (κ3) is 5.13. The Morgan fingerprint density at radius 2 is 1.65 bits per heavy atom. The third-order valence-electron chi connectivity index (χ3n) is 5.05. The summed E-state index contributed by atoms with van der Waals surface area (Å²) in [5.74, 6) is 0. The number of hydrogen-bond acceptors (Lipinski definition) is 5. The lowest BCUT2D eigenvalue weighted by molar-refractivity contribution is -0.384. The first-order valence-electron chi connectivity index (χ1n) is 10.4. The molecule has 0 saturated carbocycles. The molecule has 0 bridgehead atoms. The van der Waals surface area contributed by atoms with Crippen molar-refractivity contribution in [2.45, 2.75) is 6.92 Å². The summed E-state index contributed by atoms with van der Waals surface area (Å²) in [5, 5.41) is 17.3. The summed E-state index contributed by atoms with van der Waals surface area (Å²) in [4.78, 5) is 20.2. The van der Waals surface area contributed by atoms with Crippen molar-refractivity contribution in [3.63, 3.8) is 0 Å². The number of fused-ring (bicyclic) bond motifs is 1. The smallest absolute Gasteiger partial charge is 0.269 e. The van der Waals surface area contributed by atoms with Crippen LogP contribution in [0, 0.1) is 10.1 Å². The summed E-state index contributed by atoms with van der Waals surface area (Å²) in [7, 11) is 0. The number of nitrogens with zero attached hydrogens (tertiary/aromatic N) is 3. The highest BCUT2D eigenvalue weighted by atomic mass is 32.1. The van der Waals surface area contributed by atoms with Gasteiger partial charge in [-0.15, -0.1) is 0 Å². The Hall–Kier alpha value is -4.43. The molecular weight excluding hydrogens is 446 g/mol. The van der Waals surface area contributed by atoms with Crippen LogP contribution in [-0.2, 0) is 0 Å². The van der Waals surface area contributed by atoms with Crippen molar-refractivity contribution in [2.24, 2.45) is 0 Å². The van der Waals surface area contributed by atoms with Gasteiger partial charge in [0.15, 0.2) is 5.11 Å². The summed E-state index contributed by atoms with van der Waals surface area (Å²) in [6, 6.07) is 21.6. The zero-order valence-electron chi connectivity index (χ0n) is 18.4. The average molecular weight is 468 g/mol. The van der Waals surface area contributed by atoms with Crippen LogP contribution >= 0.6 is 12.2 Å². The summed E-state index contributed by atoms with van der Waals surface area (Å²) in [6.45, 7) is 5.78. The maximum Gasteiger partial charge on any atom is 0.269 e. The van der Waals surface area contributed by atoms with E-state index in [4.69, 9.17) is 22.2 Å². The average Bonchev–Trinajstić information content (AvgIpc) is 2.84. The molecule has 34 heavy (non-hydrogen) atoms. The fraction of sp³-hybridized carbons (Fsp3) is 0.0385. The number of nitrogens with one attached hydrogen (secondary N) is 2. The second-order valence-corrected chi connectivity index (χ2v) is 7.87. The SMILES string of the molecule is C=C/C=C(\C)c1nc2ccc(NC(=S)Nc3ccc([N+](=O)[O-])cc3)cc2nc1-c1ccccc1. The van der Waals surface area contributed by atoms with E-state index in [9.17, 15) is 10.1 Å². The Labute approximate surface area is 202 Å². The maximum atomic E-state index is 10.8. The molecule has 1 heterocycles. The number of non-ortho nitro benzene ring substituents is 1. The van der Waals surface area contributed by atoms with Gasteiger partial charge in [-0.3, -0.25) is 10.1 Å². The molecule has 2 N–H and O–H groups in total. The van der Waals surface area contributed by atoms with Gasteiger partial charge in [-0.25, -0.2) is 9.97 Å². The highest BCUT2D eigenvalue weighted by Crippen LogP contribution is 2.29. The minimum Gasteiger partial charge on any atom is -0.332 e. The lowest BCUT2D eigenvalue weighted by Gasteiger charge is -2.13. The predicted octanol–water partition coefficient (Wildman–Crippen LogP) is 6.60. The summed E-state index contributed by atoms with van der Waals surface area (Å²) < 4.78 is 0.